The van der Waals surface area contributed by atoms with Crippen LogP contribution in [0.3, 0.4) is 0 Å². The van der Waals surface area contributed by atoms with Crippen LogP contribution >= 0.6 is 0 Å². The SMILES string of the molecule is CN(C)C(=O)C1CCCN1CCCN=C(N)Nc1ccc2c(c1)CCC2. The first-order valence-electron chi connectivity index (χ1n) is 9.68. The Hall–Kier alpha value is -2.08. The summed E-state index contributed by atoms with van der Waals surface area (Å²) in [6.45, 7) is 2.56. The summed E-state index contributed by atoms with van der Waals surface area (Å²) < 4.78 is 0. The predicted molar refractivity (Wildman–Crippen MR) is 106 cm³/mol. The Morgan fingerprint density at radius 2 is 2.12 bits per heavy atom. The van der Waals surface area contributed by atoms with Gasteiger partial charge in [0, 0.05) is 32.9 Å². The molecule has 1 aromatic rings. The van der Waals surface area contributed by atoms with E-state index in [9.17, 15) is 4.79 Å². The lowest BCUT2D eigenvalue weighted by molar-refractivity contribution is -0.133. The summed E-state index contributed by atoms with van der Waals surface area (Å²) in [6.07, 6.45) is 6.55. The number of benzene rings is 1. The van der Waals surface area contributed by atoms with Crippen LogP contribution in [0.4, 0.5) is 5.69 Å². The van der Waals surface area contributed by atoms with Crippen LogP contribution in [0.2, 0.25) is 0 Å². The van der Waals surface area contributed by atoms with Gasteiger partial charge in [0.1, 0.15) is 0 Å². The second-order valence-electron chi connectivity index (χ2n) is 7.51. The summed E-state index contributed by atoms with van der Waals surface area (Å²) in [5.41, 5.74) is 9.92. The molecule has 1 amide bonds. The van der Waals surface area contributed by atoms with Gasteiger partial charge in [0.25, 0.3) is 0 Å². The van der Waals surface area contributed by atoms with Gasteiger partial charge in [-0.15, -0.1) is 0 Å². The van der Waals surface area contributed by atoms with Crippen LogP contribution in [0.5, 0.6) is 0 Å². The van der Waals surface area contributed by atoms with Gasteiger partial charge < -0.3 is 16.0 Å². The summed E-state index contributed by atoms with van der Waals surface area (Å²) in [7, 11) is 3.66. The number of carbonyl (C=O) groups is 1. The topological polar surface area (TPSA) is 74.0 Å². The number of hydrogen-bond acceptors (Lipinski definition) is 3. The number of aryl methyl sites for hydroxylation is 2. The van der Waals surface area contributed by atoms with Gasteiger partial charge in [-0.25, -0.2) is 0 Å². The number of nitrogens with one attached hydrogen (secondary N) is 1. The number of likely N-dealkylation sites (tertiary alicyclic amines) is 1. The van der Waals surface area contributed by atoms with Gasteiger partial charge in [-0.05, 0) is 68.3 Å². The van der Waals surface area contributed by atoms with Crippen molar-refractivity contribution in [2.75, 3.05) is 39.0 Å². The number of fused-ring (bicyclic) bond motifs is 1. The lowest BCUT2D eigenvalue weighted by Crippen LogP contribution is -2.43. The Bertz CT molecular complexity index is 670. The number of anilines is 1. The van der Waals surface area contributed by atoms with E-state index in [1.807, 2.05) is 14.1 Å². The fraction of sp³-hybridized carbons (Fsp3) is 0.600. The molecule has 0 aromatic heterocycles. The molecule has 1 unspecified atom stereocenters. The maximum Gasteiger partial charge on any atom is 0.239 e. The van der Waals surface area contributed by atoms with Crippen LogP contribution in [-0.2, 0) is 17.6 Å². The Morgan fingerprint density at radius 3 is 2.92 bits per heavy atom. The van der Waals surface area contributed by atoms with Crippen molar-refractivity contribution in [3.8, 4) is 0 Å². The molecule has 1 aliphatic carbocycles. The zero-order valence-corrected chi connectivity index (χ0v) is 16.0. The molecule has 0 spiro atoms. The minimum Gasteiger partial charge on any atom is -0.370 e. The van der Waals surface area contributed by atoms with Gasteiger partial charge in [0.2, 0.25) is 5.91 Å². The molecule has 1 saturated heterocycles. The van der Waals surface area contributed by atoms with Crippen molar-refractivity contribution in [3.63, 3.8) is 0 Å². The van der Waals surface area contributed by atoms with Crippen LogP contribution in [0.1, 0.15) is 36.8 Å². The molecule has 3 rings (SSSR count). The molecule has 2 aliphatic rings. The second kappa shape index (κ2) is 8.54. The van der Waals surface area contributed by atoms with E-state index >= 15 is 0 Å². The van der Waals surface area contributed by atoms with Crippen molar-refractivity contribution in [2.45, 2.75) is 44.6 Å². The van der Waals surface area contributed by atoms with Crippen molar-refractivity contribution >= 4 is 17.6 Å². The fourth-order valence-corrected chi connectivity index (χ4v) is 3.98. The van der Waals surface area contributed by atoms with E-state index in [2.05, 4.69) is 33.4 Å². The molecule has 1 heterocycles. The zero-order chi connectivity index (χ0) is 18.5. The van der Waals surface area contributed by atoms with E-state index in [0.29, 0.717) is 12.5 Å². The lowest BCUT2D eigenvalue weighted by atomic mass is 10.1. The molecule has 0 saturated carbocycles. The van der Waals surface area contributed by atoms with Crippen molar-refractivity contribution in [3.05, 3.63) is 29.3 Å². The molecular formula is C20H31N5O. The maximum absolute atomic E-state index is 12.2. The highest BCUT2D eigenvalue weighted by atomic mass is 16.2. The molecule has 3 N–H and O–H groups in total. The van der Waals surface area contributed by atoms with Gasteiger partial charge >= 0.3 is 0 Å². The Morgan fingerprint density at radius 1 is 1.31 bits per heavy atom. The largest absolute Gasteiger partial charge is 0.370 e. The number of carbonyl (C=O) groups excluding carboxylic acids is 1. The third-order valence-electron chi connectivity index (χ3n) is 5.35. The molecule has 6 heteroatoms. The third-order valence-corrected chi connectivity index (χ3v) is 5.35. The molecule has 1 aliphatic heterocycles. The smallest absolute Gasteiger partial charge is 0.239 e. The summed E-state index contributed by atoms with van der Waals surface area (Å²) >= 11 is 0. The first kappa shape index (κ1) is 18.7. The van der Waals surface area contributed by atoms with Crippen LogP contribution in [0.25, 0.3) is 0 Å². The number of aliphatic imine (C=N–C) groups is 1. The Balaban J connectivity index is 1.44. The minimum atomic E-state index is 0.0378. The molecule has 1 aromatic carbocycles. The molecule has 6 nitrogen and oxygen atoms in total. The van der Waals surface area contributed by atoms with Crippen molar-refractivity contribution < 1.29 is 4.79 Å². The van der Waals surface area contributed by atoms with E-state index in [4.69, 9.17) is 5.73 Å². The van der Waals surface area contributed by atoms with Crippen LogP contribution in [0.15, 0.2) is 23.2 Å². The number of amides is 1. The number of nitrogens with zero attached hydrogens (tertiary/aromatic N) is 3. The van der Waals surface area contributed by atoms with E-state index in [0.717, 1.165) is 44.5 Å². The average molecular weight is 358 g/mol. The number of nitrogens with two attached hydrogens (primary N) is 1. The highest BCUT2D eigenvalue weighted by Gasteiger charge is 2.30. The highest BCUT2D eigenvalue weighted by Crippen LogP contribution is 2.24. The van der Waals surface area contributed by atoms with Crippen LogP contribution in [-0.4, -0.2) is 61.4 Å². The monoisotopic (exact) mass is 357 g/mol. The number of rotatable bonds is 6. The molecule has 142 valence electrons. The third kappa shape index (κ3) is 4.55. The molecule has 0 bridgehead atoms. The molecule has 1 atom stereocenters. The average Bonchev–Trinajstić information content (AvgIpc) is 3.26. The highest BCUT2D eigenvalue weighted by molar-refractivity contribution is 5.92. The van der Waals surface area contributed by atoms with Crippen LogP contribution in [0, 0.1) is 0 Å². The van der Waals surface area contributed by atoms with Gasteiger partial charge in [0.15, 0.2) is 5.96 Å². The zero-order valence-electron chi connectivity index (χ0n) is 16.0. The van der Waals surface area contributed by atoms with Gasteiger partial charge in [-0.3, -0.25) is 14.7 Å². The minimum absolute atomic E-state index is 0.0378. The first-order chi connectivity index (χ1) is 12.5. The Kier molecular flexibility index (Phi) is 6.14. The summed E-state index contributed by atoms with van der Waals surface area (Å²) in [4.78, 5) is 20.6. The standard InChI is InChI=1S/C20H31N5O/c1-24(2)19(26)18-8-4-12-25(18)13-5-11-22-20(21)23-17-10-9-15-6-3-7-16(15)14-17/h9-10,14,18H,3-8,11-13H2,1-2H3,(H3,21,22,23). The molecule has 1 fully saturated rings. The molecule has 26 heavy (non-hydrogen) atoms. The van der Waals surface area contributed by atoms with Crippen LogP contribution < -0.4 is 11.1 Å². The summed E-state index contributed by atoms with van der Waals surface area (Å²) in [5.74, 6) is 0.675. The first-order valence-corrected chi connectivity index (χ1v) is 9.68. The van der Waals surface area contributed by atoms with Crippen molar-refractivity contribution in [2.24, 2.45) is 10.7 Å². The van der Waals surface area contributed by atoms with E-state index in [1.165, 1.54) is 24.0 Å². The Labute approximate surface area is 156 Å². The normalized spacial score (nSPS) is 20.2. The second-order valence-corrected chi connectivity index (χ2v) is 7.51. The van der Waals surface area contributed by atoms with Gasteiger partial charge in [0.05, 0.1) is 6.04 Å². The number of guanidine groups is 1. The summed E-state index contributed by atoms with van der Waals surface area (Å²) in [6, 6.07) is 6.49. The van der Waals surface area contributed by atoms with Gasteiger partial charge in [-0.1, -0.05) is 6.07 Å². The summed E-state index contributed by atoms with van der Waals surface area (Å²) in [5, 5.41) is 3.20. The number of hydrogen-bond donors (Lipinski definition) is 2. The quantitative estimate of drug-likeness (QED) is 0.463. The lowest BCUT2D eigenvalue weighted by Gasteiger charge is -2.25. The fourth-order valence-electron chi connectivity index (χ4n) is 3.98. The van der Waals surface area contributed by atoms with Crippen molar-refractivity contribution in [1.29, 1.82) is 0 Å². The predicted octanol–water partition coefficient (Wildman–Crippen LogP) is 1.84. The van der Waals surface area contributed by atoms with Crippen molar-refractivity contribution in [1.82, 2.24) is 9.80 Å². The number of likely N-dealkylation sites (N-methyl/N-ethyl adjacent to an activating group) is 1. The molecule has 0 radical (unpaired) electrons. The maximum atomic E-state index is 12.2. The molecular weight excluding hydrogens is 326 g/mol. The van der Waals surface area contributed by atoms with E-state index < -0.39 is 0 Å². The van der Waals surface area contributed by atoms with Gasteiger partial charge in [-0.2, -0.15) is 0 Å². The van der Waals surface area contributed by atoms with E-state index in [1.54, 1.807) is 4.90 Å². The van der Waals surface area contributed by atoms with E-state index in [-0.39, 0.29) is 11.9 Å².